The molecule has 0 spiro atoms. The maximum absolute atomic E-state index is 13.0. The number of rotatable bonds is 5. The van der Waals surface area contributed by atoms with Crippen LogP contribution in [0.15, 0.2) is 53.4 Å². The minimum atomic E-state index is -4.81. The Labute approximate surface area is 131 Å². The first-order chi connectivity index (χ1) is 10.8. The molecule has 2 aromatic rings. The molecule has 0 aliphatic heterocycles. The number of ether oxygens (including phenoxy) is 1. The van der Waals surface area contributed by atoms with E-state index >= 15 is 0 Å². The number of para-hydroxylation sites is 2. The SMILES string of the molecule is CCOc1ccccc1OS(=O)(=O)c1ccccc1C(F)(F)F. The third-order valence-electron chi connectivity index (χ3n) is 2.81. The van der Waals surface area contributed by atoms with Crippen LogP contribution in [0.3, 0.4) is 0 Å². The molecule has 0 atom stereocenters. The highest BCUT2D eigenvalue weighted by Crippen LogP contribution is 2.36. The van der Waals surface area contributed by atoms with E-state index < -0.39 is 26.8 Å². The molecule has 0 N–H and O–H groups in total. The van der Waals surface area contributed by atoms with E-state index in [9.17, 15) is 21.6 Å². The van der Waals surface area contributed by atoms with Crippen molar-refractivity contribution in [2.45, 2.75) is 18.0 Å². The summed E-state index contributed by atoms with van der Waals surface area (Å²) in [5.41, 5.74) is -1.28. The quantitative estimate of drug-likeness (QED) is 0.771. The van der Waals surface area contributed by atoms with Crippen LogP contribution < -0.4 is 8.92 Å². The molecule has 124 valence electrons. The molecule has 4 nitrogen and oxygen atoms in total. The Morgan fingerprint density at radius 3 is 2.13 bits per heavy atom. The summed E-state index contributed by atoms with van der Waals surface area (Å²) in [6, 6.07) is 9.68. The fourth-order valence-corrected chi connectivity index (χ4v) is 3.04. The summed E-state index contributed by atoms with van der Waals surface area (Å²) in [6.07, 6.45) is -4.81. The largest absolute Gasteiger partial charge is 0.490 e. The Morgan fingerprint density at radius 2 is 1.52 bits per heavy atom. The van der Waals surface area contributed by atoms with Gasteiger partial charge in [0, 0.05) is 0 Å². The monoisotopic (exact) mass is 346 g/mol. The zero-order chi connectivity index (χ0) is 17.1. The van der Waals surface area contributed by atoms with E-state index in [2.05, 4.69) is 0 Å². The summed E-state index contributed by atoms with van der Waals surface area (Å²) in [5, 5.41) is 0. The number of hydrogen-bond donors (Lipinski definition) is 0. The maximum atomic E-state index is 13.0. The van der Waals surface area contributed by atoms with E-state index in [0.29, 0.717) is 6.07 Å². The van der Waals surface area contributed by atoms with E-state index in [1.165, 1.54) is 24.3 Å². The molecular formula is C15H13F3O4S. The molecule has 0 aromatic heterocycles. The normalized spacial score (nSPS) is 12.0. The van der Waals surface area contributed by atoms with Gasteiger partial charge in [0.25, 0.3) is 0 Å². The van der Waals surface area contributed by atoms with Gasteiger partial charge >= 0.3 is 16.3 Å². The van der Waals surface area contributed by atoms with Gasteiger partial charge in [0.1, 0.15) is 4.90 Å². The van der Waals surface area contributed by atoms with Crippen LogP contribution in [0, 0.1) is 0 Å². The fourth-order valence-electron chi connectivity index (χ4n) is 1.88. The van der Waals surface area contributed by atoms with Crippen LogP contribution in [-0.4, -0.2) is 15.0 Å². The van der Waals surface area contributed by atoms with Gasteiger partial charge in [-0.05, 0) is 31.2 Å². The molecule has 0 bridgehead atoms. The van der Waals surface area contributed by atoms with E-state index in [1.807, 2.05) is 0 Å². The zero-order valence-electron chi connectivity index (χ0n) is 12.0. The van der Waals surface area contributed by atoms with Gasteiger partial charge in [-0.2, -0.15) is 21.6 Å². The summed E-state index contributed by atoms with van der Waals surface area (Å²) < 4.78 is 73.5. The summed E-state index contributed by atoms with van der Waals surface area (Å²) >= 11 is 0. The topological polar surface area (TPSA) is 52.6 Å². The molecule has 0 aliphatic rings. The van der Waals surface area contributed by atoms with Crippen molar-refractivity contribution in [2.75, 3.05) is 6.61 Å². The predicted molar refractivity (Wildman–Crippen MR) is 76.9 cm³/mol. The van der Waals surface area contributed by atoms with E-state index in [1.54, 1.807) is 13.0 Å². The van der Waals surface area contributed by atoms with Crippen molar-refractivity contribution in [2.24, 2.45) is 0 Å². The van der Waals surface area contributed by atoms with Crippen LogP contribution in [0.25, 0.3) is 0 Å². The van der Waals surface area contributed by atoms with Gasteiger partial charge in [-0.15, -0.1) is 0 Å². The van der Waals surface area contributed by atoms with Gasteiger partial charge in [0.15, 0.2) is 11.5 Å². The fraction of sp³-hybridized carbons (Fsp3) is 0.200. The average Bonchev–Trinajstić information content (AvgIpc) is 2.48. The highest BCUT2D eigenvalue weighted by molar-refractivity contribution is 7.87. The first kappa shape index (κ1) is 17.1. The lowest BCUT2D eigenvalue weighted by Crippen LogP contribution is -2.17. The van der Waals surface area contributed by atoms with E-state index in [4.69, 9.17) is 8.92 Å². The third kappa shape index (κ3) is 3.95. The van der Waals surface area contributed by atoms with Crippen LogP contribution in [0.5, 0.6) is 11.5 Å². The summed E-state index contributed by atoms with van der Waals surface area (Å²) in [6.45, 7) is 1.93. The third-order valence-corrected chi connectivity index (χ3v) is 4.10. The van der Waals surface area contributed by atoms with Gasteiger partial charge in [-0.25, -0.2) is 0 Å². The van der Waals surface area contributed by atoms with Crippen LogP contribution in [0.4, 0.5) is 13.2 Å². The molecule has 0 amide bonds. The lowest BCUT2D eigenvalue weighted by Gasteiger charge is -2.15. The minimum Gasteiger partial charge on any atom is -0.490 e. The van der Waals surface area contributed by atoms with Crippen LogP contribution in [0.2, 0.25) is 0 Å². The maximum Gasteiger partial charge on any atom is 0.417 e. The molecule has 0 saturated carbocycles. The Hall–Kier alpha value is -2.22. The number of hydrogen-bond acceptors (Lipinski definition) is 4. The van der Waals surface area contributed by atoms with Crippen molar-refractivity contribution in [1.29, 1.82) is 0 Å². The number of alkyl halides is 3. The molecule has 0 heterocycles. The Morgan fingerprint density at radius 1 is 0.957 bits per heavy atom. The summed E-state index contributed by atoms with van der Waals surface area (Å²) in [7, 11) is -4.67. The van der Waals surface area contributed by atoms with Crippen molar-refractivity contribution in [3.63, 3.8) is 0 Å². The second kappa shape index (κ2) is 6.49. The Bertz CT molecular complexity index is 785. The van der Waals surface area contributed by atoms with E-state index in [0.717, 1.165) is 12.1 Å². The van der Waals surface area contributed by atoms with Crippen molar-refractivity contribution in [3.8, 4) is 11.5 Å². The number of benzene rings is 2. The molecule has 0 unspecified atom stereocenters. The van der Waals surface area contributed by atoms with E-state index in [-0.39, 0.29) is 18.1 Å². The van der Waals surface area contributed by atoms with Gasteiger partial charge in [0.2, 0.25) is 0 Å². The average molecular weight is 346 g/mol. The molecule has 2 rings (SSSR count). The Balaban J connectivity index is 2.46. The van der Waals surface area contributed by atoms with Crippen molar-refractivity contribution in [3.05, 3.63) is 54.1 Å². The molecule has 0 saturated heterocycles. The van der Waals surface area contributed by atoms with Gasteiger partial charge in [-0.1, -0.05) is 24.3 Å². The lowest BCUT2D eigenvalue weighted by atomic mass is 10.2. The standard InChI is InChI=1S/C15H13F3O4S/c1-2-21-12-8-4-5-9-13(12)22-23(19,20)14-10-6-3-7-11(14)15(16,17)18/h3-10H,2H2,1H3. The molecule has 0 radical (unpaired) electrons. The van der Waals surface area contributed by atoms with Gasteiger partial charge in [-0.3, -0.25) is 0 Å². The summed E-state index contributed by atoms with van der Waals surface area (Å²) in [4.78, 5) is -0.946. The number of halogens is 3. The van der Waals surface area contributed by atoms with Crippen molar-refractivity contribution >= 4 is 10.1 Å². The molecule has 8 heteroatoms. The second-order valence-corrected chi connectivity index (χ2v) is 5.93. The highest BCUT2D eigenvalue weighted by atomic mass is 32.2. The Kier molecular flexibility index (Phi) is 4.84. The molecule has 2 aromatic carbocycles. The minimum absolute atomic E-state index is 0.128. The zero-order valence-corrected chi connectivity index (χ0v) is 12.8. The molecule has 0 aliphatic carbocycles. The van der Waals surface area contributed by atoms with Crippen molar-refractivity contribution < 1.29 is 30.5 Å². The van der Waals surface area contributed by atoms with Crippen LogP contribution in [-0.2, 0) is 16.3 Å². The van der Waals surface area contributed by atoms with Gasteiger partial charge in [0.05, 0.1) is 12.2 Å². The first-order valence-corrected chi connectivity index (χ1v) is 7.99. The lowest BCUT2D eigenvalue weighted by molar-refractivity contribution is -0.139. The molecular weight excluding hydrogens is 333 g/mol. The molecule has 0 fully saturated rings. The predicted octanol–water partition coefficient (Wildman–Crippen LogP) is 3.87. The summed E-state index contributed by atoms with van der Waals surface area (Å²) in [5.74, 6) is -0.0469. The second-order valence-electron chi connectivity index (χ2n) is 4.41. The molecule has 23 heavy (non-hydrogen) atoms. The highest BCUT2D eigenvalue weighted by Gasteiger charge is 2.37. The van der Waals surface area contributed by atoms with Crippen LogP contribution >= 0.6 is 0 Å². The van der Waals surface area contributed by atoms with Crippen molar-refractivity contribution in [1.82, 2.24) is 0 Å². The van der Waals surface area contributed by atoms with Crippen LogP contribution in [0.1, 0.15) is 12.5 Å². The van der Waals surface area contributed by atoms with Gasteiger partial charge < -0.3 is 8.92 Å². The first-order valence-electron chi connectivity index (χ1n) is 6.58. The smallest absolute Gasteiger partial charge is 0.417 e.